The van der Waals surface area contributed by atoms with Gasteiger partial charge in [0.25, 0.3) is 0 Å². The van der Waals surface area contributed by atoms with Gasteiger partial charge in [-0.2, -0.15) is 0 Å². The van der Waals surface area contributed by atoms with Crippen LogP contribution >= 0.6 is 47.2 Å². The van der Waals surface area contributed by atoms with Gasteiger partial charge in [0.1, 0.15) is 23.5 Å². The quantitative estimate of drug-likeness (QED) is 0.257. The van der Waals surface area contributed by atoms with Gasteiger partial charge in [0.2, 0.25) is 0 Å². The van der Waals surface area contributed by atoms with Crippen molar-refractivity contribution in [2.24, 2.45) is 4.99 Å². The van der Waals surface area contributed by atoms with Gasteiger partial charge in [-0.1, -0.05) is 29.3 Å². The smallest absolute Gasteiger partial charge is 0.191 e. The number of ether oxygens (including phenoxy) is 1. The van der Waals surface area contributed by atoms with E-state index in [0.29, 0.717) is 27.9 Å². The molecule has 1 aliphatic heterocycles. The molecule has 1 aromatic carbocycles. The molecule has 0 bridgehead atoms. The Kier molecular flexibility index (Phi) is 12.6. The molecule has 29 heavy (non-hydrogen) atoms. The summed E-state index contributed by atoms with van der Waals surface area (Å²) in [6, 6.07) is 6.15. The average molecular weight is 559 g/mol. The largest absolute Gasteiger partial charge is 0.489 e. The SMILES string of the molecule is CCNC(=NCC(O)COc1cccc(Cl)c1Cl)NC1CCN(C(C)C)CC1.I. The second kappa shape index (κ2) is 13.7. The van der Waals surface area contributed by atoms with Gasteiger partial charge in [-0.3, -0.25) is 4.99 Å². The van der Waals surface area contributed by atoms with Crippen LogP contribution in [0.3, 0.4) is 0 Å². The monoisotopic (exact) mass is 558 g/mol. The van der Waals surface area contributed by atoms with Crippen molar-refractivity contribution in [3.8, 4) is 5.75 Å². The van der Waals surface area contributed by atoms with Crippen molar-refractivity contribution in [1.29, 1.82) is 0 Å². The standard InChI is InChI=1S/C20H32Cl2N4O2.HI/c1-4-23-20(25-15-8-10-26(11-9-15)14(2)3)24-12-16(27)13-28-18-7-5-6-17(21)19(18)22;/h5-7,14-16,27H,4,8-13H2,1-3H3,(H2,23,24,25);1H. The highest BCUT2D eigenvalue weighted by Gasteiger charge is 2.21. The van der Waals surface area contributed by atoms with E-state index in [1.165, 1.54) is 0 Å². The highest BCUT2D eigenvalue weighted by Crippen LogP contribution is 2.31. The Morgan fingerprint density at radius 3 is 2.62 bits per heavy atom. The van der Waals surface area contributed by atoms with Gasteiger partial charge in [-0.25, -0.2) is 0 Å². The molecule has 1 aliphatic rings. The van der Waals surface area contributed by atoms with Gasteiger partial charge in [-0.05, 0) is 45.7 Å². The molecule has 9 heteroatoms. The van der Waals surface area contributed by atoms with E-state index in [1.54, 1.807) is 18.2 Å². The molecule has 3 N–H and O–H groups in total. The molecule has 1 aromatic rings. The summed E-state index contributed by atoms with van der Waals surface area (Å²) in [6.45, 7) is 9.77. The molecule has 1 saturated heterocycles. The number of guanidine groups is 1. The Bertz CT molecular complexity index is 641. The number of nitrogens with zero attached hydrogens (tertiary/aromatic N) is 2. The fourth-order valence-electron chi connectivity index (χ4n) is 3.10. The van der Waals surface area contributed by atoms with Crippen molar-refractivity contribution in [1.82, 2.24) is 15.5 Å². The van der Waals surface area contributed by atoms with E-state index in [9.17, 15) is 5.11 Å². The predicted octanol–water partition coefficient (Wildman–Crippen LogP) is 3.78. The van der Waals surface area contributed by atoms with Crippen molar-refractivity contribution in [2.75, 3.05) is 32.8 Å². The number of hydrogen-bond donors (Lipinski definition) is 3. The number of likely N-dealkylation sites (tertiary alicyclic amines) is 1. The highest BCUT2D eigenvalue weighted by molar-refractivity contribution is 14.0. The Morgan fingerprint density at radius 1 is 1.31 bits per heavy atom. The Morgan fingerprint density at radius 2 is 2.00 bits per heavy atom. The minimum absolute atomic E-state index is 0. The fourth-order valence-corrected chi connectivity index (χ4v) is 3.45. The van der Waals surface area contributed by atoms with Crippen LogP contribution in [0.2, 0.25) is 10.0 Å². The van der Waals surface area contributed by atoms with Gasteiger partial charge in [0.05, 0.1) is 11.6 Å². The van der Waals surface area contributed by atoms with Crippen LogP contribution in [0.1, 0.15) is 33.6 Å². The summed E-state index contributed by atoms with van der Waals surface area (Å²) in [5, 5.41) is 17.7. The third kappa shape index (κ3) is 9.04. The van der Waals surface area contributed by atoms with E-state index in [2.05, 4.69) is 34.4 Å². The lowest BCUT2D eigenvalue weighted by Gasteiger charge is -2.35. The van der Waals surface area contributed by atoms with Crippen LogP contribution in [-0.2, 0) is 0 Å². The zero-order valence-electron chi connectivity index (χ0n) is 17.3. The van der Waals surface area contributed by atoms with Crippen LogP contribution in [0.25, 0.3) is 0 Å². The average Bonchev–Trinajstić information content (AvgIpc) is 2.68. The lowest BCUT2D eigenvalue weighted by atomic mass is 10.0. The molecule has 2 rings (SSSR count). The van der Waals surface area contributed by atoms with E-state index >= 15 is 0 Å². The first-order valence-electron chi connectivity index (χ1n) is 9.94. The summed E-state index contributed by atoms with van der Waals surface area (Å²) in [5.74, 6) is 1.18. The maximum atomic E-state index is 10.2. The molecule has 0 saturated carbocycles. The third-order valence-corrected chi connectivity index (χ3v) is 5.55. The van der Waals surface area contributed by atoms with Crippen LogP contribution < -0.4 is 15.4 Å². The molecular formula is C20H33Cl2IN4O2. The number of aliphatic imine (C=N–C) groups is 1. The van der Waals surface area contributed by atoms with E-state index in [4.69, 9.17) is 27.9 Å². The first kappa shape index (κ1) is 26.6. The number of aliphatic hydroxyl groups excluding tert-OH is 1. The van der Waals surface area contributed by atoms with E-state index in [0.717, 1.165) is 38.4 Å². The lowest BCUT2D eigenvalue weighted by Crippen LogP contribution is -2.50. The van der Waals surface area contributed by atoms with E-state index in [-0.39, 0.29) is 37.1 Å². The van der Waals surface area contributed by atoms with E-state index < -0.39 is 6.10 Å². The highest BCUT2D eigenvalue weighted by atomic mass is 127. The van der Waals surface area contributed by atoms with Gasteiger partial charge >= 0.3 is 0 Å². The molecule has 1 fully saturated rings. The van der Waals surface area contributed by atoms with Crippen molar-refractivity contribution >= 4 is 53.1 Å². The molecule has 0 amide bonds. The summed E-state index contributed by atoms with van der Waals surface area (Å²) in [6.07, 6.45) is 1.43. The maximum absolute atomic E-state index is 10.2. The molecule has 1 unspecified atom stereocenters. The minimum atomic E-state index is -0.742. The molecule has 0 spiro atoms. The summed E-state index contributed by atoms with van der Waals surface area (Å²) in [7, 11) is 0. The lowest BCUT2D eigenvalue weighted by molar-refractivity contribution is 0.114. The molecule has 6 nitrogen and oxygen atoms in total. The second-order valence-corrected chi connectivity index (χ2v) is 8.07. The maximum Gasteiger partial charge on any atom is 0.191 e. The van der Waals surface area contributed by atoms with E-state index in [1.807, 2.05) is 6.92 Å². The summed E-state index contributed by atoms with van der Waals surface area (Å²) >= 11 is 12.1. The van der Waals surface area contributed by atoms with Crippen LogP contribution in [0.15, 0.2) is 23.2 Å². The van der Waals surface area contributed by atoms with Gasteiger partial charge in [0, 0.05) is 31.7 Å². The number of rotatable bonds is 8. The number of hydrogen-bond acceptors (Lipinski definition) is 4. The van der Waals surface area contributed by atoms with Crippen LogP contribution in [0, 0.1) is 0 Å². The molecule has 1 atom stereocenters. The first-order valence-corrected chi connectivity index (χ1v) is 10.7. The predicted molar refractivity (Wildman–Crippen MR) is 132 cm³/mol. The fraction of sp³-hybridized carbons (Fsp3) is 0.650. The number of halogens is 3. The Labute approximate surface area is 201 Å². The molecule has 0 aromatic heterocycles. The third-order valence-electron chi connectivity index (χ3n) is 4.75. The molecular weight excluding hydrogens is 526 g/mol. The normalized spacial score (nSPS) is 17.0. The Balaban J connectivity index is 0.00000420. The zero-order valence-corrected chi connectivity index (χ0v) is 21.2. The first-order chi connectivity index (χ1) is 13.4. The number of piperidine rings is 1. The van der Waals surface area contributed by atoms with Crippen molar-refractivity contribution in [2.45, 2.75) is 51.8 Å². The van der Waals surface area contributed by atoms with Crippen molar-refractivity contribution < 1.29 is 9.84 Å². The summed E-state index contributed by atoms with van der Waals surface area (Å²) in [5.41, 5.74) is 0. The second-order valence-electron chi connectivity index (χ2n) is 7.28. The van der Waals surface area contributed by atoms with Crippen LogP contribution in [0.4, 0.5) is 0 Å². The molecule has 0 aliphatic carbocycles. The minimum Gasteiger partial charge on any atom is -0.489 e. The van der Waals surface area contributed by atoms with Gasteiger partial charge in [-0.15, -0.1) is 24.0 Å². The Hall–Kier alpha value is -0.480. The molecule has 0 radical (unpaired) electrons. The number of benzene rings is 1. The van der Waals surface area contributed by atoms with Crippen LogP contribution in [-0.4, -0.2) is 66.9 Å². The molecule has 1 heterocycles. The summed E-state index contributed by atoms with van der Waals surface area (Å²) < 4.78 is 5.57. The zero-order chi connectivity index (χ0) is 20.5. The number of nitrogens with one attached hydrogen (secondary N) is 2. The van der Waals surface area contributed by atoms with Crippen molar-refractivity contribution in [3.63, 3.8) is 0 Å². The van der Waals surface area contributed by atoms with Gasteiger partial charge < -0.3 is 25.4 Å². The number of aliphatic hydroxyl groups is 1. The summed E-state index contributed by atoms with van der Waals surface area (Å²) in [4.78, 5) is 7.00. The molecule has 166 valence electrons. The van der Waals surface area contributed by atoms with Crippen molar-refractivity contribution in [3.05, 3.63) is 28.2 Å². The topological polar surface area (TPSA) is 69.1 Å². The van der Waals surface area contributed by atoms with Crippen LogP contribution in [0.5, 0.6) is 5.75 Å². The van der Waals surface area contributed by atoms with Gasteiger partial charge in [0.15, 0.2) is 5.96 Å².